The summed E-state index contributed by atoms with van der Waals surface area (Å²) in [5.74, 6) is -0.631. The van der Waals surface area contributed by atoms with Crippen LogP contribution in [-0.2, 0) is 19.1 Å². The highest BCUT2D eigenvalue weighted by Crippen LogP contribution is 2.27. The first kappa shape index (κ1) is 15.0. The Balaban J connectivity index is 3.09. The topological polar surface area (TPSA) is 52.6 Å². The molecule has 4 nitrogen and oxygen atoms in total. The van der Waals surface area contributed by atoms with E-state index >= 15 is 0 Å². The summed E-state index contributed by atoms with van der Waals surface area (Å²) in [4.78, 5) is 24.3. The van der Waals surface area contributed by atoms with Crippen LogP contribution in [0.5, 0.6) is 0 Å². The summed E-state index contributed by atoms with van der Waals surface area (Å²) in [6.07, 6.45) is 7.80. The normalized spacial score (nSPS) is 17.1. The molecule has 19 heavy (non-hydrogen) atoms. The van der Waals surface area contributed by atoms with Crippen molar-refractivity contribution in [3.63, 3.8) is 0 Å². The summed E-state index contributed by atoms with van der Waals surface area (Å²) < 4.78 is 9.96. The van der Waals surface area contributed by atoms with Crippen LogP contribution < -0.4 is 0 Å². The molecule has 0 amide bonds. The molecule has 0 heterocycles. The van der Waals surface area contributed by atoms with Crippen molar-refractivity contribution in [2.24, 2.45) is 0 Å². The maximum absolute atomic E-state index is 12.2. The van der Waals surface area contributed by atoms with E-state index < -0.39 is 0 Å². The van der Waals surface area contributed by atoms with Crippen molar-refractivity contribution in [1.82, 2.24) is 0 Å². The lowest BCUT2D eigenvalue weighted by Gasteiger charge is -2.19. The molecule has 0 atom stereocenters. The van der Waals surface area contributed by atoms with E-state index in [0.717, 1.165) is 0 Å². The second-order valence-corrected chi connectivity index (χ2v) is 3.99. The van der Waals surface area contributed by atoms with Crippen LogP contribution in [-0.4, -0.2) is 25.8 Å². The largest absolute Gasteiger partial charge is 0.489 e. The van der Waals surface area contributed by atoms with Gasteiger partial charge in [-0.3, -0.25) is 9.59 Å². The minimum absolute atomic E-state index is 0.0208. The van der Waals surface area contributed by atoms with Gasteiger partial charge in [0.25, 0.3) is 0 Å². The number of Topliss-reactive ketones (excluding diaryl/α,β-unsaturated/α-hetero) is 2. The van der Waals surface area contributed by atoms with Crippen LogP contribution in [0.3, 0.4) is 0 Å². The first-order valence-corrected chi connectivity index (χ1v) is 5.97. The fourth-order valence-corrected chi connectivity index (χ4v) is 1.81. The molecule has 0 radical (unpaired) electrons. The lowest BCUT2D eigenvalue weighted by atomic mass is 9.91. The Morgan fingerprint density at radius 3 is 2.11 bits per heavy atom. The molecule has 0 spiro atoms. The molecule has 102 valence electrons. The summed E-state index contributed by atoms with van der Waals surface area (Å²) in [6, 6.07) is 0. The predicted octanol–water partition coefficient (Wildman–Crippen LogP) is 2.48. The van der Waals surface area contributed by atoms with E-state index in [4.69, 9.17) is 9.47 Å². The first-order chi connectivity index (χ1) is 9.08. The monoisotopic (exact) mass is 262 g/mol. The quantitative estimate of drug-likeness (QED) is 0.564. The maximum Gasteiger partial charge on any atom is 0.228 e. The second-order valence-electron chi connectivity index (χ2n) is 3.99. The van der Waals surface area contributed by atoms with Crippen LogP contribution in [0.15, 0.2) is 47.0 Å². The zero-order chi connectivity index (χ0) is 14.4. The summed E-state index contributed by atoms with van der Waals surface area (Å²) in [6.45, 7) is 3.53. The van der Waals surface area contributed by atoms with E-state index in [-0.39, 0.29) is 23.1 Å². The molecule has 0 aromatic rings. The highest BCUT2D eigenvalue weighted by atomic mass is 16.5. The number of rotatable bonds is 5. The van der Waals surface area contributed by atoms with Gasteiger partial charge in [-0.15, -0.1) is 0 Å². The van der Waals surface area contributed by atoms with Crippen LogP contribution in [0.2, 0.25) is 0 Å². The number of carbonyl (C=O) groups is 2. The van der Waals surface area contributed by atoms with Crippen LogP contribution in [0, 0.1) is 0 Å². The SMILES string of the molecule is C/C=C/C=C/CC1=C(C)C(=O)C(OC)=C(OC)C1=O. The minimum atomic E-state index is -0.298. The highest BCUT2D eigenvalue weighted by molar-refractivity contribution is 6.23. The van der Waals surface area contributed by atoms with E-state index in [1.54, 1.807) is 6.92 Å². The standard InChI is InChI=1S/C15H18O4/c1-5-6-7-8-9-11-10(2)12(16)14(18-3)15(19-4)13(11)17/h5-8H,9H2,1-4H3/b6-5+,8-7+. The molecule has 0 saturated carbocycles. The van der Waals surface area contributed by atoms with Gasteiger partial charge < -0.3 is 9.47 Å². The third-order valence-corrected chi connectivity index (χ3v) is 2.86. The Kier molecular flexibility index (Phi) is 5.30. The predicted molar refractivity (Wildman–Crippen MR) is 72.3 cm³/mol. The van der Waals surface area contributed by atoms with Crippen molar-refractivity contribution in [2.45, 2.75) is 20.3 Å². The number of ketones is 2. The Hall–Kier alpha value is -2.10. The number of methoxy groups -OCH3 is 2. The van der Waals surface area contributed by atoms with Gasteiger partial charge in [0.1, 0.15) is 0 Å². The number of allylic oxidation sites excluding steroid dienone is 6. The number of hydrogen-bond acceptors (Lipinski definition) is 4. The van der Waals surface area contributed by atoms with Crippen molar-refractivity contribution in [2.75, 3.05) is 14.2 Å². The van der Waals surface area contributed by atoms with Gasteiger partial charge in [-0.1, -0.05) is 24.3 Å². The minimum Gasteiger partial charge on any atom is -0.489 e. The van der Waals surface area contributed by atoms with Crippen LogP contribution in [0.1, 0.15) is 20.3 Å². The number of hydrogen-bond donors (Lipinski definition) is 0. The number of ether oxygens (including phenoxy) is 2. The van der Waals surface area contributed by atoms with Crippen LogP contribution in [0.25, 0.3) is 0 Å². The Labute approximate surface area is 113 Å². The average molecular weight is 262 g/mol. The van der Waals surface area contributed by atoms with E-state index in [9.17, 15) is 9.59 Å². The highest BCUT2D eigenvalue weighted by Gasteiger charge is 2.33. The zero-order valence-electron chi connectivity index (χ0n) is 11.6. The smallest absolute Gasteiger partial charge is 0.228 e. The molecule has 0 aromatic carbocycles. The maximum atomic E-state index is 12.2. The van der Waals surface area contributed by atoms with Gasteiger partial charge in [-0.25, -0.2) is 0 Å². The van der Waals surface area contributed by atoms with Gasteiger partial charge in [0.15, 0.2) is 0 Å². The summed E-state index contributed by atoms with van der Waals surface area (Å²) in [5.41, 5.74) is 0.858. The average Bonchev–Trinajstić information content (AvgIpc) is 2.41. The lowest BCUT2D eigenvalue weighted by molar-refractivity contribution is -0.121. The molecule has 1 aliphatic rings. The molecule has 0 bridgehead atoms. The third-order valence-electron chi connectivity index (χ3n) is 2.86. The molecule has 1 rings (SSSR count). The van der Waals surface area contributed by atoms with Crippen molar-refractivity contribution in [3.8, 4) is 0 Å². The van der Waals surface area contributed by atoms with E-state index in [1.165, 1.54) is 14.2 Å². The summed E-state index contributed by atoms with van der Waals surface area (Å²) in [7, 11) is 2.71. The molecule has 1 aliphatic carbocycles. The van der Waals surface area contributed by atoms with Gasteiger partial charge in [0.2, 0.25) is 23.1 Å². The van der Waals surface area contributed by atoms with Crippen molar-refractivity contribution in [1.29, 1.82) is 0 Å². The fraction of sp³-hybridized carbons (Fsp3) is 0.333. The molecule has 0 saturated heterocycles. The van der Waals surface area contributed by atoms with E-state index in [2.05, 4.69) is 0 Å². The number of carbonyl (C=O) groups excluding carboxylic acids is 2. The van der Waals surface area contributed by atoms with Crippen LogP contribution in [0.4, 0.5) is 0 Å². The first-order valence-electron chi connectivity index (χ1n) is 5.97. The fourth-order valence-electron chi connectivity index (χ4n) is 1.81. The molecule has 0 aromatic heterocycles. The van der Waals surface area contributed by atoms with Gasteiger partial charge >= 0.3 is 0 Å². The Morgan fingerprint density at radius 2 is 1.58 bits per heavy atom. The van der Waals surface area contributed by atoms with Crippen molar-refractivity contribution < 1.29 is 19.1 Å². The second kappa shape index (κ2) is 6.73. The zero-order valence-corrected chi connectivity index (χ0v) is 11.6. The van der Waals surface area contributed by atoms with Gasteiger partial charge in [-0.2, -0.15) is 0 Å². The Bertz CT molecular complexity index is 504. The molecule has 4 heteroatoms. The Morgan fingerprint density at radius 1 is 1.00 bits per heavy atom. The molecule has 0 fully saturated rings. The van der Waals surface area contributed by atoms with Gasteiger partial charge in [0.05, 0.1) is 14.2 Å². The van der Waals surface area contributed by atoms with Gasteiger partial charge in [0, 0.05) is 11.1 Å². The molecular weight excluding hydrogens is 244 g/mol. The van der Waals surface area contributed by atoms with Gasteiger partial charge in [-0.05, 0) is 20.3 Å². The molecule has 0 N–H and O–H groups in total. The molecule has 0 unspecified atom stereocenters. The third kappa shape index (κ3) is 3.02. The van der Waals surface area contributed by atoms with E-state index in [1.807, 2.05) is 31.2 Å². The summed E-state index contributed by atoms with van der Waals surface area (Å²) >= 11 is 0. The lowest BCUT2D eigenvalue weighted by Crippen LogP contribution is -2.24. The van der Waals surface area contributed by atoms with Crippen LogP contribution >= 0.6 is 0 Å². The summed E-state index contributed by atoms with van der Waals surface area (Å²) in [5, 5.41) is 0. The van der Waals surface area contributed by atoms with E-state index in [0.29, 0.717) is 17.6 Å². The van der Waals surface area contributed by atoms with Crippen molar-refractivity contribution >= 4 is 11.6 Å². The van der Waals surface area contributed by atoms with Crippen molar-refractivity contribution in [3.05, 3.63) is 47.0 Å². The molecule has 0 aliphatic heterocycles. The molecular formula is C15H18O4.